The van der Waals surface area contributed by atoms with Gasteiger partial charge in [0.05, 0.1) is 24.5 Å². The highest BCUT2D eigenvalue weighted by Crippen LogP contribution is 2.33. The predicted octanol–water partition coefficient (Wildman–Crippen LogP) is 2.63. The molecule has 1 aromatic carbocycles. The van der Waals surface area contributed by atoms with Crippen LogP contribution < -0.4 is 0 Å². The second-order valence-corrected chi connectivity index (χ2v) is 5.02. The molecule has 0 fully saturated rings. The van der Waals surface area contributed by atoms with Crippen molar-refractivity contribution in [2.75, 3.05) is 0 Å². The van der Waals surface area contributed by atoms with Gasteiger partial charge in [-0.3, -0.25) is 9.58 Å². The topological polar surface area (TPSA) is 47.4 Å². The van der Waals surface area contributed by atoms with Crippen LogP contribution in [0.5, 0.6) is 0 Å². The molecule has 0 saturated heterocycles. The van der Waals surface area contributed by atoms with Crippen molar-refractivity contribution in [3.8, 4) is 0 Å². The van der Waals surface area contributed by atoms with Crippen molar-refractivity contribution in [1.82, 2.24) is 14.7 Å². The van der Waals surface area contributed by atoms with Gasteiger partial charge in [-0.15, -0.1) is 0 Å². The Kier molecular flexibility index (Phi) is 3.18. The van der Waals surface area contributed by atoms with Crippen molar-refractivity contribution in [2.45, 2.75) is 26.1 Å². The number of benzene rings is 1. The van der Waals surface area contributed by atoms with Crippen LogP contribution >= 0.6 is 0 Å². The monoisotopic (exact) mass is 271 g/mol. The van der Waals surface area contributed by atoms with Crippen molar-refractivity contribution in [1.29, 1.82) is 0 Å². The first-order valence-electron chi connectivity index (χ1n) is 6.65. The summed E-state index contributed by atoms with van der Waals surface area (Å²) in [6.07, 6.45) is 1.54. The van der Waals surface area contributed by atoms with E-state index in [9.17, 15) is 4.79 Å². The largest absolute Gasteiger partial charge is 0.445 e. The van der Waals surface area contributed by atoms with E-state index in [2.05, 4.69) is 5.10 Å². The number of ether oxygens (including phenoxy) is 1. The van der Waals surface area contributed by atoms with Crippen LogP contribution in [0.1, 0.15) is 29.8 Å². The van der Waals surface area contributed by atoms with Gasteiger partial charge in [-0.25, -0.2) is 4.79 Å². The van der Waals surface area contributed by atoms with Crippen LogP contribution in [0.25, 0.3) is 0 Å². The van der Waals surface area contributed by atoms with Gasteiger partial charge in [-0.2, -0.15) is 5.10 Å². The van der Waals surface area contributed by atoms with E-state index < -0.39 is 0 Å². The Morgan fingerprint density at radius 1 is 1.40 bits per heavy atom. The number of hydrogen-bond acceptors (Lipinski definition) is 3. The van der Waals surface area contributed by atoms with E-state index in [1.807, 2.05) is 55.2 Å². The zero-order chi connectivity index (χ0) is 14.1. The number of nitrogens with zero attached hydrogens (tertiary/aromatic N) is 3. The Hall–Kier alpha value is -2.30. The molecular formula is C15H17N3O2. The summed E-state index contributed by atoms with van der Waals surface area (Å²) in [4.78, 5) is 13.9. The summed E-state index contributed by atoms with van der Waals surface area (Å²) in [5.41, 5.74) is 3.17. The summed E-state index contributed by atoms with van der Waals surface area (Å²) in [5.74, 6) is 0. The molecule has 2 aromatic rings. The molecule has 3 rings (SSSR count). The molecule has 1 unspecified atom stereocenters. The Labute approximate surface area is 117 Å². The third kappa shape index (κ3) is 2.15. The second kappa shape index (κ2) is 5.00. The molecule has 1 amide bonds. The van der Waals surface area contributed by atoms with Gasteiger partial charge in [-0.05, 0) is 12.5 Å². The Morgan fingerprint density at radius 2 is 2.15 bits per heavy atom. The summed E-state index contributed by atoms with van der Waals surface area (Å²) in [6.45, 7) is 2.87. The van der Waals surface area contributed by atoms with Crippen molar-refractivity contribution < 1.29 is 9.53 Å². The fourth-order valence-electron chi connectivity index (χ4n) is 2.65. The summed E-state index contributed by atoms with van der Waals surface area (Å²) >= 11 is 0. The molecule has 1 aromatic heterocycles. The maximum atomic E-state index is 12.2. The van der Waals surface area contributed by atoms with Gasteiger partial charge < -0.3 is 4.74 Å². The van der Waals surface area contributed by atoms with Crippen LogP contribution in [-0.2, 0) is 24.9 Å². The van der Waals surface area contributed by atoms with Crippen molar-refractivity contribution in [3.05, 3.63) is 53.3 Å². The van der Waals surface area contributed by atoms with Gasteiger partial charge in [0.2, 0.25) is 0 Å². The van der Waals surface area contributed by atoms with Crippen LogP contribution in [0.4, 0.5) is 4.79 Å². The minimum Gasteiger partial charge on any atom is -0.445 e. The zero-order valence-corrected chi connectivity index (χ0v) is 11.6. The van der Waals surface area contributed by atoms with Gasteiger partial charge in [0.1, 0.15) is 6.61 Å². The molecule has 1 atom stereocenters. The summed E-state index contributed by atoms with van der Waals surface area (Å²) in [7, 11) is 1.90. The van der Waals surface area contributed by atoms with Gasteiger partial charge in [-0.1, -0.05) is 30.3 Å². The van der Waals surface area contributed by atoms with Crippen molar-refractivity contribution >= 4 is 6.09 Å². The SMILES string of the molecule is CC1c2c(cnn2C)CN1C(=O)OCc1ccccc1. The molecule has 20 heavy (non-hydrogen) atoms. The van der Waals surface area contributed by atoms with E-state index in [0.29, 0.717) is 13.2 Å². The molecule has 2 heterocycles. The van der Waals surface area contributed by atoms with Crippen molar-refractivity contribution in [2.24, 2.45) is 7.05 Å². The molecule has 104 valence electrons. The maximum absolute atomic E-state index is 12.2. The van der Waals surface area contributed by atoms with Gasteiger partial charge in [0.15, 0.2) is 0 Å². The number of fused-ring (bicyclic) bond motifs is 1. The molecule has 0 radical (unpaired) electrons. The normalized spacial score (nSPS) is 17.1. The van der Waals surface area contributed by atoms with E-state index in [-0.39, 0.29) is 12.1 Å². The van der Waals surface area contributed by atoms with Gasteiger partial charge in [0.25, 0.3) is 0 Å². The molecule has 0 saturated carbocycles. The molecule has 0 aliphatic carbocycles. The Balaban J connectivity index is 1.65. The Bertz CT molecular complexity index is 621. The molecule has 0 bridgehead atoms. The van der Waals surface area contributed by atoms with E-state index >= 15 is 0 Å². The lowest BCUT2D eigenvalue weighted by Gasteiger charge is -2.21. The number of carbonyl (C=O) groups is 1. The van der Waals surface area contributed by atoms with E-state index in [1.165, 1.54) is 0 Å². The maximum Gasteiger partial charge on any atom is 0.410 e. The van der Waals surface area contributed by atoms with Crippen molar-refractivity contribution in [3.63, 3.8) is 0 Å². The summed E-state index contributed by atoms with van der Waals surface area (Å²) in [5, 5.41) is 4.21. The fourth-order valence-corrected chi connectivity index (χ4v) is 2.65. The van der Waals surface area contributed by atoms with Gasteiger partial charge in [0, 0.05) is 12.6 Å². The van der Waals surface area contributed by atoms with Crippen LogP contribution in [-0.4, -0.2) is 20.8 Å². The smallest absolute Gasteiger partial charge is 0.410 e. The highest BCUT2D eigenvalue weighted by atomic mass is 16.6. The second-order valence-electron chi connectivity index (χ2n) is 5.02. The first-order chi connectivity index (χ1) is 9.66. The number of rotatable bonds is 2. The summed E-state index contributed by atoms with van der Waals surface area (Å²) in [6, 6.07) is 9.70. The third-order valence-electron chi connectivity index (χ3n) is 3.71. The predicted molar refractivity (Wildman–Crippen MR) is 73.8 cm³/mol. The van der Waals surface area contributed by atoms with Crippen LogP contribution in [0, 0.1) is 0 Å². The number of aromatic nitrogens is 2. The Morgan fingerprint density at radius 3 is 2.85 bits per heavy atom. The standard InChI is InChI=1S/C15H17N3O2/c1-11-14-13(8-16-17(14)2)9-18(11)15(19)20-10-12-6-4-3-5-7-12/h3-8,11H,9-10H2,1-2H3. The van der Waals surface area contributed by atoms with Gasteiger partial charge >= 0.3 is 6.09 Å². The number of aryl methyl sites for hydroxylation is 1. The molecule has 5 heteroatoms. The number of amides is 1. The first kappa shape index (κ1) is 12.7. The lowest BCUT2D eigenvalue weighted by atomic mass is 10.2. The van der Waals surface area contributed by atoms with E-state index in [0.717, 1.165) is 16.8 Å². The molecule has 0 spiro atoms. The van der Waals surface area contributed by atoms with E-state index in [1.54, 1.807) is 4.90 Å². The number of carbonyl (C=O) groups excluding carboxylic acids is 1. The van der Waals surface area contributed by atoms with Crippen LogP contribution in [0.2, 0.25) is 0 Å². The molecule has 5 nitrogen and oxygen atoms in total. The zero-order valence-electron chi connectivity index (χ0n) is 11.6. The highest BCUT2D eigenvalue weighted by Gasteiger charge is 2.34. The molecular weight excluding hydrogens is 254 g/mol. The highest BCUT2D eigenvalue weighted by molar-refractivity contribution is 5.69. The van der Waals surface area contributed by atoms with E-state index in [4.69, 9.17) is 4.74 Å². The molecule has 1 aliphatic heterocycles. The van der Waals surface area contributed by atoms with Crippen LogP contribution in [0.3, 0.4) is 0 Å². The summed E-state index contributed by atoms with van der Waals surface area (Å²) < 4.78 is 7.20. The quantitative estimate of drug-likeness (QED) is 0.843. The first-order valence-corrected chi connectivity index (χ1v) is 6.65. The fraction of sp³-hybridized carbons (Fsp3) is 0.333. The number of hydrogen-bond donors (Lipinski definition) is 0. The van der Waals surface area contributed by atoms with Crippen LogP contribution in [0.15, 0.2) is 36.5 Å². The molecule has 1 aliphatic rings. The minimum absolute atomic E-state index is 0.000716. The lowest BCUT2D eigenvalue weighted by molar-refractivity contribution is 0.0848. The lowest BCUT2D eigenvalue weighted by Crippen LogP contribution is -2.29. The average molecular weight is 271 g/mol. The molecule has 0 N–H and O–H groups in total. The minimum atomic E-state index is -0.280. The average Bonchev–Trinajstić information content (AvgIpc) is 2.99. The third-order valence-corrected chi connectivity index (χ3v) is 3.71.